The molecule has 0 aliphatic heterocycles. The first-order valence-electron chi connectivity index (χ1n) is 11.9. The molecular formula is C26H38N2O2. The van der Waals surface area contributed by atoms with Gasteiger partial charge in [0.1, 0.15) is 0 Å². The van der Waals surface area contributed by atoms with Crippen LogP contribution in [0.25, 0.3) is 6.08 Å². The third kappa shape index (κ3) is 2.75. The fourth-order valence-electron chi connectivity index (χ4n) is 7.82. The lowest BCUT2D eigenvalue weighted by molar-refractivity contribution is -0.0685. The number of aliphatic hydroxyl groups is 2. The number of nitrogens with zero attached hydrogens (tertiary/aromatic N) is 2. The van der Waals surface area contributed by atoms with Crippen molar-refractivity contribution in [1.29, 1.82) is 0 Å². The molecule has 0 saturated heterocycles. The van der Waals surface area contributed by atoms with Crippen molar-refractivity contribution in [3.63, 3.8) is 0 Å². The zero-order valence-corrected chi connectivity index (χ0v) is 19.3. The van der Waals surface area contributed by atoms with Gasteiger partial charge in [0.15, 0.2) is 0 Å². The molecule has 4 heteroatoms. The van der Waals surface area contributed by atoms with Gasteiger partial charge >= 0.3 is 0 Å². The van der Waals surface area contributed by atoms with Gasteiger partial charge in [-0.2, -0.15) is 5.10 Å². The number of hydrogen-bond donors (Lipinski definition) is 2. The van der Waals surface area contributed by atoms with Gasteiger partial charge < -0.3 is 10.2 Å². The minimum atomic E-state index is -0.353. The summed E-state index contributed by atoms with van der Waals surface area (Å²) in [4.78, 5) is 0. The standard InChI is InChI=1S/C26H38N2O2/c1-15-21(16(2)28(5)27-15)12-17-13-23-20-7-6-18-14-19(29)8-10-25(18,3)22(20)9-11-26(23,4)24(17)30/h6,12,19-20,22-24,29-30H,7-11,13-14H2,1-5H3/b17-12-/t19-,20-,22+,23+,24+,25+,26+/m1/s1. The number of fused-ring (bicyclic) bond motifs is 5. The average molecular weight is 411 g/mol. The highest BCUT2D eigenvalue weighted by Gasteiger charge is 2.59. The first-order chi connectivity index (χ1) is 14.1. The van der Waals surface area contributed by atoms with E-state index in [-0.39, 0.29) is 23.0 Å². The summed E-state index contributed by atoms with van der Waals surface area (Å²) in [5.41, 5.74) is 6.35. The Morgan fingerprint density at radius 3 is 2.57 bits per heavy atom. The molecule has 0 bridgehead atoms. The molecule has 3 saturated carbocycles. The lowest BCUT2D eigenvalue weighted by atomic mass is 9.48. The Bertz CT molecular complexity index is 928. The highest BCUT2D eigenvalue weighted by atomic mass is 16.3. The van der Waals surface area contributed by atoms with Crippen molar-refractivity contribution in [3.05, 3.63) is 34.2 Å². The van der Waals surface area contributed by atoms with Crippen LogP contribution in [0.1, 0.15) is 75.7 Å². The van der Waals surface area contributed by atoms with E-state index in [0.717, 1.165) is 44.2 Å². The predicted octanol–water partition coefficient (Wildman–Crippen LogP) is 4.71. The maximum Gasteiger partial charge on any atom is 0.0809 e. The molecule has 1 aromatic rings. The highest BCUT2D eigenvalue weighted by Crippen LogP contribution is 2.65. The molecule has 4 aliphatic rings. The van der Waals surface area contributed by atoms with Crippen molar-refractivity contribution in [1.82, 2.24) is 9.78 Å². The molecular weight excluding hydrogens is 372 g/mol. The fraction of sp³-hybridized carbons (Fsp3) is 0.731. The van der Waals surface area contributed by atoms with Crippen LogP contribution in [0, 0.1) is 42.4 Å². The summed E-state index contributed by atoms with van der Waals surface area (Å²) in [6, 6.07) is 0. The molecule has 0 spiro atoms. The molecule has 0 radical (unpaired) electrons. The van der Waals surface area contributed by atoms with Gasteiger partial charge in [-0.3, -0.25) is 4.68 Å². The van der Waals surface area contributed by atoms with E-state index >= 15 is 0 Å². The highest BCUT2D eigenvalue weighted by molar-refractivity contribution is 5.59. The van der Waals surface area contributed by atoms with E-state index in [1.54, 1.807) is 0 Å². The minimum absolute atomic E-state index is 0.0209. The Kier molecular flexibility index (Phi) is 4.65. The van der Waals surface area contributed by atoms with Gasteiger partial charge in [-0.25, -0.2) is 0 Å². The van der Waals surface area contributed by atoms with E-state index in [4.69, 9.17) is 0 Å². The summed E-state index contributed by atoms with van der Waals surface area (Å²) in [7, 11) is 1.99. The quantitative estimate of drug-likeness (QED) is 0.659. The summed E-state index contributed by atoms with van der Waals surface area (Å²) in [6.07, 6.45) is 11.6. The molecule has 4 aliphatic carbocycles. The Labute approximate surface area is 181 Å². The first-order valence-corrected chi connectivity index (χ1v) is 11.9. The smallest absolute Gasteiger partial charge is 0.0809 e. The van der Waals surface area contributed by atoms with E-state index in [1.807, 2.05) is 11.7 Å². The van der Waals surface area contributed by atoms with Crippen LogP contribution in [0.4, 0.5) is 0 Å². The summed E-state index contributed by atoms with van der Waals surface area (Å²) in [5, 5.41) is 26.3. The Hall–Kier alpha value is -1.39. The van der Waals surface area contributed by atoms with Crippen LogP contribution in [0.2, 0.25) is 0 Å². The molecule has 1 heterocycles. The van der Waals surface area contributed by atoms with Crippen LogP contribution in [-0.4, -0.2) is 32.2 Å². The molecule has 30 heavy (non-hydrogen) atoms. The van der Waals surface area contributed by atoms with E-state index < -0.39 is 0 Å². The van der Waals surface area contributed by atoms with E-state index in [0.29, 0.717) is 17.8 Å². The van der Waals surface area contributed by atoms with E-state index in [9.17, 15) is 10.2 Å². The van der Waals surface area contributed by atoms with Crippen molar-refractivity contribution < 1.29 is 10.2 Å². The van der Waals surface area contributed by atoms with Crippen LogP contribution >= 0.6 is 0 Å². The van der Waals surface area contributed by atoms with Gasteiger partial charge in [0, 0.05) is 23.7 Å². The van der Waals surface area contributed by atoms with Crippen molar-refractivity contribution in [3.8, 4) is 0 Å². The third-order valence-corrected chi connectivity index (χ3v) is 9.84. The van der Waals surface area contributed by atoms with Crippen molar-refractivity contribution in [2.75, 3.05) is 0 Å². The molecule has 3 fully saturated rings. The number of rotatable bonds is 1. The molecule has 4 nitrogen and oxygen atoms in total. The zero-order valence-electron chi connectivity index (χ0n) is 19.3. The molecule has 1 aromatic heterocycles. The van der Waals surface area contributed by atoms with Crippen LogP contribution in [-0.2, 0) is 7.05 Å². The molecule has 0 amide bonds. The third-order valence-electron chi connectivity index (χ3n) is 9.84. The topological polar surface area (TPSA) is 58.3 Å². The van der Waals surface area contributed by atoms with Crippen molar-refractivity contribution in [2.45, 2.75) is 84.8 Å². The van der Waals surface area contributed by atoms with Crippen LogP contribution in [0.3, 0.4) is 0 Å². The van der Waals surface area contributed by atoms with Gasteiger partial charge in [-0.15, -0.1) is 0 Å². The van der Waals surface area contributed by atoms with Gasteiger partial charge in [0.2, 0.25) is 0 Å². The Morgan fingerprint density at radius 1 is 1.10 bits per heavy atom. The van der Waals surface area contributed by atoms with Gasteiger partial charge in [-0.05, 0) is 93.6 Å². The van der Waals surface area contributed by atoms with E-state index in [1.165, 1.54) is 28.8 Å². The SMILES string of the molecule is Cc1nn(C)c(C)c1/C=C1/C[C@H]2[C@@H]3CC=C4C[C@H](O)CC[C@]4(C)[C@H]3CC[C@]2(C)[C@H]1O. The van der Waals surface area contributed by atoms with Crippen LogP contribution in [0.5, 0.6) is 0 Å². The molecule has 2 N–H and O–H groups in total. The number of allylic oxidation sites excluding steroid dienone is 1. The summed E-state index contributed by atoms with van der Waals surface area (Å²) in [6.45, 7) is 8.99. The molecule has 5 rings (SSSR count). The molecule has 7 atom stereocenters. The average Bonchev–Trinajstić information content (AvgIpc) is 3.10. The minimum Gasteiger partial charge on any atom is -0.393 e. The molecule has 0 unspecified atom stereocenters. The monoisotopic (exact) mass is 410 g/mol. The second-order valence-corrected chi connectivity index (χ2v) is 11.2. The van der Waals surface area contributed by atoms with Crippen LogP contribution in [0.15, 0.2) is 17.2 Å². The largest absolute Gasteiger partial charge is 0.393 e. The van der Waals surface area contributed by atoms with Crippen molar-refractivity contribution >= 4 is 6.08 Å². The van der Waals surface area contributed by atoms with Gasteiger partial charge in [0.25, 0.3) is 0 Å². The maximum atomic E-state index is 11.5. The summed E-state index contributed by atoms with van der Waals surface area (Å²) >= 11 is 0. The van der Waals surface area contributed by atoms with Crippen LogP contribution < -0.4 is 0 Å². The predicted molar refractivity (Wildman–Crippen MR) is 120 cm³/mol. The lowest BCUT2D eigenvalue weighted by Crippen LogP contribution is -2.51. The number of hydrogen-bond acceptors (Lipinski definition) is 3. The summed E-state index contributed by atoms with van der Waals surface area (Å²) in [5.74, 6) is 1.87. The Morgan fingerprint density at radius 2 is 1.87 bits per heavy atom. The normalized spacial score (nSPS) is 44.4. The second-order valence-electron chi connectivity index (χ2n) is 11.2. The maximum absolute atomic E-state index is 11.5. The fourth-order valence-corrected chi connectivity index (χ4v) is 7.82. The second kappa shape index (κ2) is 6.80. The number of aryl methyl sites for hydroxylation is 2. The number of aromatic nitrogens is 2. The van der Waals surface area contributed by atoms with Crippen molar-refractivity contribution in [2.24, 2.45) is 35.6 Å². The Balaban J connectivity index is 1.49. The summed E-state index contributed by atoms with van der Waals surface area (Å²) < 4.78 is 1.94. The van der Waals surface area contributed by atoms with E-state index in [2.05, 4.69) is 44.9 Å². The lowest BCUT2D eigenvalue weighted by Gasteiger charge is -2.57. The number of aliphatic hydroxyl groups excluding tert-OH is 2. The molecule has 164 valence electrons. The molecule has 0 aromatic carbocycles. The van der Waals surface area contributed by atoms with Gasteiger partial charge in [0.05, 0.1) is 17.9 Å². The first kappa shape index (κ1) is 20.5. The van der Waals surface area contributed by atoms with Gasteiger partial charge in [-0.1, -0.05) is 25.5 Å². The zero-order chi connectivity index (χ0) is 21.4.